The Morgan fingerprint density at radius 1 is 0.175 bits per heavy atom. The summed E-state index contributed by atoms with van der Waals surface area (Å²) in [6.07, 6.45) is 0. The van der Waals surface area contributed by atoms with Gasteiger partial charge in [-0.15, -0.1) is 0 Å². The van der Waals surface area contributed by atoms with Gasteiger partial charge in [-0.1, -0.05) is 303 Å². The fourth-order valence-corrected chi connectivity index (χ4v) is 17.6. The maximum atomic E-state index is 11.3. The first kappa shape index (κ1) is 88.1. The molecule has 0 unspecified atom stereocenters. The van der Waals surface area contributed by atoms with Crippen molar-refractivity contribution in [1.29, 1.82) is 0 Å². The molecular formula is C124H96N8O5. The lowest BCUT2D eigenvalue weighted by molar-refractivity contribution is -0.385. The average molecular weight is 1780 g/mol. The number of anilines is 15. The van der Waals surface area contributed by atoms with Crippen LogP contribution in [0.1, 0.15) is 0 Å². The molecule has 0 aliphatic carbocycles. The monoisotopic (exact) mass is 1780 g/mol. The summed E-state index contributed by atoms with van der Waals surface area (Å²) in [5.41, 5.74) is 29.6. The largest absolute Gasteiger partial charge is 0.497 e. The van der Waals surface area contributed by atoms with Crippen LogP contribution in [0.3, 0.4) is 0 Å². The number of rotatable bonds is 24. The van der Waals surface area contributed by atoms with Crippen molar-refractivity contribution in [1.82, 2.24) is 0 Å². The van der Waals surface area contributed by atoms with E-state index in [2.05, 4.69) is 445 Å². The molecular weight excluding hydrogens is 1680 g/mol. The zero-order valence-corrected chi connectivity index (χ0v) is 76.1. The van der Waals surface area contributed by atoms with Crippen LogP contribution in [0.15, 0.2) is 510 Å². The van der Waals surface area contributed by atoms with E-state index in [-0.39, 0.29) is 21.2 Å². The lowest BCUT2D eigenvalue weighted by Crippen LogP contribution is -2.10. The van der Waals surface area contributed by atoms with Gasteiger partial charge < -0.3 is 34.1 Å². The van der Waals surface area contributed by atoms with Gasteiger partial charge >= 0.3 is 0 Å². The molecule has 13 heteroatoms. The molecule has 21 aromatic rings. The third-order valence-electron chi connectivity index (χ3n) is 25.1. The van der Waals surface area contributed by atoms with Crippen molar-refractivity contribution in [3.63, 3.8) is 0 Å². The number of ether oxygens (including phenoxy) is 1. The maximum Gasteiger partial charge on any atom is 0.271 e. The number of nitro benzene ring substituents is 2. The van der Waals surface area contributed by atoms with E-state index in [0.717, 1.165) is 119 Å². The summed E-state index contributed by atoms with van der Waals surface area (Å²) >= 11 is 0. The van der Waals surface area contributed by atoms with Gasteiger partial charge in [0.15, 0.2) is 0 Å². The normalized spacial score (nSPS) is 10.9. The highest BCUT2D eigenvalue weighted by Gasteiger charge is 2.22. The molecule has 137 heavy (non-hydrogen) atoms. The first-order chi connectivity index (χ1) is 67.2. The van der Waals surface area contributed by atoms with Crippen molar-refractivity contribution in [3.05, 3.63) is 530 Å². The molecule has 0 aliphatic heterocycles. The highest BCUT2D eigenvalue weighted by atomic mass is 16.6. The summed E-state index contributed by atoms with van der Waals surface area (Å²) in [6.45, 7) is 0. The van der Waals surface area contributed by atoms with Gasteiger partial charge in [0.1, 0.15) is 5.75 Å². The highest BCUT2D eigenvalue weighted by Crippen LogP contribution is 2.45. The number of hydrogen-bond acceptors (Lipinski definition) is 11. The molecule has 0 atom stereocenters. The molecule has 0 amide bonds. The number of non-ortho nitro benzene ring substituents is 2. The quantitative estimate of drug-likeness (QED) is 0.0425. The zero-order valence-electron chi connectivity index (χ0n) is 76.1. The van der Waals surface area contributed by atoms with Gasteiger partial charge in [0.05, 0.1) is 17.0 Å². The molecule has 0 aromatic heterocycles. The van der Waals surface area contributed by atoms with Crippen LogP contribution in [0.25, 0.3) is 99.1 Å². The molecule has 0 heterocycles. The molecule has 662 valence electrons. The Morgan fingerprint density at radius 3 is 0.708 bits per heavy atom. The molecule has 0 spiro atoms. The lowest BCUT2D eigenvalue weighted by Gasteiger charge is -2.26. The van der Waals surface area contributed by atoms with Gasteiger partial charge in [0.2, 0.25) is 0 Å². The summed E-state index contributed by atoms with van der Waals surface area (Å²) in [4.78, 5) is 34.6. The van der Waals surface area contributed by atoms with E-state index in [1.165, 1.54) is 89.5 Å². The Kier molecular flexibility index (Phi) is 26.1. The topological polar surface area (TPSA) is 115 Å². The molecule has 21 aromatic carbocycles. The van der Waals surface area contributed by atoms with E-state index in [4.69, 9.17) is 4.74 Å². The van der Waals surface area contributed by atoms with Crippen LogP contribution >= 0.6 is 0 Å². The van der Waals surface area contributed by atoms with Crippen molar-refractivity contribution in [3.8, 4) is 72.5 Å². The van der Waals surface area contributed by atoms with Crippen LogP contribution in [-0.4, -0.2) is 38.1 Å². The van der Waals surface area contributed by atoms with Crippen molar-refractivity contribution in [2.24, 2.45) is 0 Å². The predicted molar refractivity (Wildman–Crippen MR) is 572 cm³/mol. The lowest BCUT2D eigenvalue weighted by atomic mass is 10.0. The number of hydrogen-bond donors (Lipinski definition) is 0. The van der Waals surface area contributed by atoms with Gasteiger partial charge in [-0.3, -0.25) is 20.2 Å². The Balaban J connectivity index is 0.000000132. The minimum Gasteiger partial charge on any atom is -0.497 e. The minimum atomic E-state index is -0.382. The van der Waals surface area contributed by atoms with Gasteiger partial charge in [-0.2, -0.15) is 0 Å². The summed E-state index contributed by atoms with van der Waals surface area (Å²) in [7, 11) is 7.64. The second kappa shape index (κ2) is 40.7. The third kappa shape index (κ3) is 20.2. The van der Waals surface area contributed by atoms with E-state index in [1.54, 1.807) is 31.4 Å². The fourth-order valence-electron chi connectivity index (χ4n) is 17.6. The standard InChI is InChI=1S/C42H34N2O.2C41H31N3O2/c1-43(39-15-9-17-42(30-39)45-2)37-23-18-33(19-24-37)34-20-25-38(26-21-34)44(41-27-22-32-12-6-7-13-35(32)29-41)40-16-8-14-36(28-40)31-10-4-3-5-11-31;1-42(38-14-8-16-41(29-38)44(45)46)36-22-17-32(18-23-36)33-19-24-37(25-20-33)43(40-26-21-31-11-5-6-12-34(31)28-40)39-15-7-13-35(27-39)30-9-3-2-4-10-30;1-42(37-24-26-39(27-25-37)44(45)46)36-19-14-32(15-20-36)33-16-21-38(22-17-33)43(41-23-18-31-10-5-6-11-34(31)29-41)40-13-7-12-35(28-40)30-8-3-2-4-9-30/h3-30H,1-2H3;2*2-29H,1H3. The smallest absolute Gasteiger partial charge is 0.271 e. The highest BCUT2D eigenvalue weighted by molar-refractivity contribution is 5.94. The van der Waals surface area contributed by atoms with E-state index >= 15 is 0 Å². The van der Waals surface area contributed by atoms with Crippen molar-refractivity contribution < 1.29 is 14.6 Å². The van der Waals surface area contributed by atoms with Crippen LogP contribution in [0.2, 0.25) is 0 Å². The molecule has 0 saturated carbocycles. The van der Waals surface area contributed by atoms with Gasteiger partial charge in [-0.25, -0.2) is 0 Å². The molecule has 13 nitrogen and oxygen atoms in total. The third-order valence-corrected chi connectivity index (χ3v) is 25.1. The second-order valence-corrected chi connectivity index (χ2v) is 33.6. The van der Waals surface area contributed by atoms with E-state index < -0.39 is 0 Å². The van der Waals surface area contributed by atoms with Gasteiger partial charge in [0.25, 0.3) is 11.4 Å². The molecule has 0 saturated heterocycles. The van der Waals surface area contributed by atoms with E-state index in [0.29, 0.717) is 0 Å². The molecule has 0 radical (unpaired) electrons. The summed E-state index contributed by atoms with van der Waals surface area (Å²) in [5, 5.41) is 29.5. The Hall–Kier alpha value is -18.2. The van der Waals surface area contributed by atoms with Crippen LogP contribution in [0.4, 0.5) is 96.7 Å². The zero-order chi connectivity index (χ0) is 93.5. The van der Waals surface area contributed by atoms with E-state index in [9.17, 15) is 20.2 Å². The van der Waals surface area contributed by atoms with Crippen molar-refractivity contribution >= 4 is 129 Å². The number of nitro groups is 2. The maximum absolute atomic E-state index is 11.3. The Bertz CT molecular complexity index is 7790. The number of methoxy groups -OCH3 is 1. The van der Waals surface area contributed by atoms with Gasteiger partial charge in [0, 0.05) is 137 Å². The van der Waals surface area contributed by atoms with Gasteiger partial charge in [-0.05, 0) is 275 Å². The Labute approximate surface area is 798 Å². The SMILES string of the molecule is CN(c1ccc(-c2ccc(N(c3cccc(-c4ccccc4)c3)c3ccc4ccccc4c3)cc2)cc1)c1ccc([N+](=O)[O-])cc1.CN(c1ccc(-c2ccc(N(c3cccc(-c4ccccc4)c3)c3ccc4ccccc4c3)cc2)cc1)c1cccc([N+](=O)[O-])c1.COc1cccc(N(C)c2ccc(-c3ccc(N(c4cccc(-c5ccccc5)c4)c4ccc5ccccc5c4)cc3)cc2)c1. The van der Waals surface area contributed by atoms with Crippen molar-refractivity contribution in [2.75, 3.05) is 57.7 Å². The molecule has 21 rings (SSSR count). The molecule has 0 N–H and O–H groups in total. The molecule has 0 bridgehead atoms. The van der Waals surface area contributed by atoms with Crippen LogP contribution < -0.4 is 34.1 Å². The fraction of sp³-hybridized carbons (Fsp3) is 0.0323. The number of nitrogens with zero attached hydrogens (tertiary/aromatic N) is 8. The summed E-state index contributed by atoms with van der Waals surface area (Å²) < 4.78 is 5.42. The molecule has 0 fully saturated rings. The second-order valence-electron chi connectivity index (χ2n) is 33.6. The van der Waals surface area contributed by atoms with E-state index in [1.807, 2.05) is 72.4 Å². The van der Waals surface area contributed by atoms with Crippen molar-refractivity contribution in [2.45, 2.75) is 0 Å². The Morgan fingerprint density at radius 2 is 0.401 bits per heavy atom. The van der Waals surface area contributed by atoms with Crippen LogP contribution in [0.5, 0.6) is 5.75 Å². The predicted octanol–water partition coefficient (Wildman–Crippen LogP) is 34.1. The van der Waals surface area contributed by atoms with Crippen LogP contribution in [-0.2, 0) is 0 Å². The molecule has 0 aliphatic rings. The number of fused-ring (bicyclic) bond motifs is 3. The number of benzene rings is 21. The van der Waals surface area contributed by atoms with Crippen LogP contribution in [0, 0.1) is 20.2 Å². The first-order valence-corrected chi connectivity index (χ1v) is 45.5. The average Bonchev–Trinajstić information content (AvgIpc) is 0.786. The minimum absolute atomic E-state index is 0.0746. The first-order valence-electron chi connectivity index (χ1n) is 45.5. The summed E-state index contributed by atoms with van der Waals surface area (Å²) in [6, 6.07) is 176. The summed E-state index contributed by atoms with van der Waals surface area (Å²) in [5.74, 6) is 0.848.